The third-order valence-corrected chi connectivity index (χ3v) is 8.18. The number of pyridine rings is 1. The Kier molecular flexibility index (Phi) is 5.43. The van der Waals surface area contributed by atoms with E-state index < -0.39 is 15.9 Å². The van der Waals surface area contributed by atoms with Crippen molar-refractivity contribution in [2.24, 2.45) is 0 Å². The molecule has 9 heteroatoms. The first-order valence-corrected chi connectivity index (χ1v) is 12.6. The zero-order valence-electron chi connectivity index (χ0n) is 17.7. The average molecular weight is 477 g/mol. The fourth-order valence-corrected chi connectivity index (χ4v) is 6.42. The van der Waals surface area contributed by atoms with E-state index >= 15 is 0 Å². The standard InChI is InChI=1S/C24H20N4O3S2/c1-16-13-18-5-2-3-8-22(18)28(16)33(30,31)20-7-4-6-19(14-20)23(29)27-24-26-21(15-32-24)17-9-11-25-12-10-17/h2-12,14-16H,13H2,1H3,(H,26,27,29)/t16-/m0/s1. The highest BCUT2D eigenvalue weighted by Crippen LogP contribution is 2.36. The van der Waals surface area contributed by atoms with Crippen LogP contribution >= 0.6 is 11.3 Å². The number of rotatable bonds is 5. The summed E-state index contributed by atoms with van der Waals surface area (Å²) >= 11 is 1.30. The van der Waals surface area contributed by atoms with Gasteiger partial charge >= 0.3 is 0 Å². The molecule has 0 saturated carbocycles. The van der Waals surface area contributed by atoms with Gasteiger partial charge in [0.15, 0.2) is 5.13 Å². The van der Waals surface area contributed by atoms with Gasteiger partial charge in [-0.1, -0.05) is 24.3 Å². The molecule has 5 rings (SSSR count). The molecule has 0 fully saturated rings. The number of sulfonamides is 1. The predicted octanol–water partition coefficient (Wildman–Crippen LogP) is 4.60. The minimum Gasteiger partial charge on any atom is -0.298 e. The molecular weight excluding hydrogens is 456 g/mol. The normalized spacial score (nSPS) is 15.3. The number of carbonyl (C=O) groups excluding carboxylic acids is 1. The molecule has 1 N–H and O–H groups in total. The molecule has 1 aliphatic rings. The number of para-hydroxylation sites is 1. The van der Waals surface area contributed by atoms with Crippen molar-refractivity contribution in [2.45, 2.75) is 24.3 Å². The van der Waals surface area contributed by atoms with Gasteiger partial charge < -0.3 is 0 Å². The summed E-state index contributed by atoms with van der Waals surface area (Å²) in [6.45, 7) is 1.89. The molecular formula is C24H20N4O3S2. The Morgan fingerprint density at radius 2 is 1.88 bits per heavy atom. The van der Waals surface area contributed by atoms with Gasteiger partial charge in [0.25, 0.3) is 15.9 Å². The maximum atomic E-state index is 13.5. The molecule has 2 aromatic carbocycles. The second-order valence-corrected chi connectivity index (χ2v) is 10.4. The number of anilines is 2. The molecule has 0 aliphatic carbocycles. The Balaban J connectivity index is 1.39. The molecule has 3 heterocycles. The fraction of sp³-hybridized carbons (Fsp3) is 0.125. The van der Waals surface area contributed by atoms with Crippen LogP contribution in [0.4, 0.5) is 10.8 Å². The van der Waals surface area contributed by atoms with E-state index in [1.807, 2.05) is 48.7 Å². The lowest BCUT2D eigenvalue weighted by Crippen LogP contribution is -2.35. The number of nitrogens with zero attached hydrogens (tertiary/aromatic N) is 3. The number of thiazole rings is 1. The zero-order valence-corrected chi connectivity index (χ0v) is 19.3. The Bertz CT molecular complexity index is 1430. The topological polar surface area (TPSA) is 92.3 Å². The van der Waals surface area contributed by atoms with Crippen LogP contribution in [0.2, 0.25) is 0 Å². The molecule has 1 amide bonds. The lowest BCUT2D eigenvalue weighted by atomic mass is 10.1. The SMILES string of the molecule is C[C@H]1Cc2ccccc2N1S(=O)(=O)c1cccc(C(=O)Nc2nc(-c3ccncc3)cs2)c1. The zero-order chi connectivity index (χ0) is 23.0. The van der Waals surface area contributed by atoms with Crippen molar-refractivity contribution in [3.8, 4) is 11.3 Å². The quantitative estimate of drug-likeness (QED) is 0.455. The van der Waals surface area contributed by atoms with Gasteiger partial charge in [-0.25, -0.2) is 13.4 Å². The highest BCUT2D eigenvalue weighted by Gasteiger charge is 2.36. The molecule has 0 radical (unpaired) electrons. The summed E-state index contributed by atoms with van der Waals surface area (Å²) in [6, 6.07) is 17.1. The molecule has 7 nitrogen and oxygen atoms in total. The molecule has 0 saturated heterocycles. The van der Waals surface area contributed by atoms with Gasteiger partial charge in [-0.2, -0.15) is 0 Å². The second kappa shape index (κ2) is 8.42. The number of amides is 1. The van der Waals surface area contributed by atoms with Gasteiger partial charge in [-0.15, -0.1) is 11.3 Å². The third-order valence-electron chi connectivity index (χ3n) is 5.50. The summed E-state index contributed by atoms with van der Waals surface area (Å²) in [4.78, 5) is 21.4. The van der Waals surface area contributed by atoms with Crippen molar-refractivity contribution < 1.29 is 13.2 Å². The van der Waals surface area contributed by atoms with Crippen LogP contribution in [0.5, 0.6) is 0 Å². The Morgan fingerprint density at radius 1 is 1.09 bits per heavy atom. The lowest BCUT2D eigenvalue weighted by Gasteiger charge is -2.24. The van der Waals surface area contributed by atoms with Crippen LogP contribution in [0.1, 0.15) is 22.8 Å². The van der Waals surface area contributed by atoms with Crippen molar-refractivity contribution in [1.82, 2.24) is 9.97 Å². The van der Waals surface area contributed by atoms with Gasteiger partial charge in [0.2, 0.25) is 0 Å². The first-order valence-electron chi connectivity index (χ1n) is 10.3. The highest BCUT2D eigenvalue weighted by molar-refractivity contribution is 7.92. The summed E-state index contributed by atoms with van der Waals surface area (Å²) in [5.74, 6) is -0.419. The van der Waals surface area contributed by atoms with E-state index in [9.17, 15) is 13.2 Å². The van der Waals surface area contributed by atoms with E-state index in [1.54, 1.807) is 24.5 Å². The smallest absolute Gasteiger partial charge is 0.264 e. The molecule has 166 valence electrons. The lowest BCUT2D eigenvalue weighted by molar-refractivity contribution is 0.102. The number of hydrogen-bond acceptors (Lipinski definition) is 6. The Morgan fingerprint density at radius 3 is 2.70 bits per heavy atom. The predicted molar refractivity (Wildman–Crippen MR) is 129 cm³/mol. The minimum atomic E-state index is -3.83. The number of carbonyl (C=O) groups is 1. The average Bonchev–Trinajstić information content (AvgIpc) is 3.43. The van der Waals surface area contributed by atoms with E-state index in [-0.39, 0.29) is 16.5 Å². The summed E-state index contributed by atoms with van der Waals surface area (Å²) in [5.41, 5.74) is 3.56. The number of benzene rings is 2. The summed E-state index contributed by atoms with van der Waals surface area (Å²) in [5, 5.41) is 5.04. The van der Waals surface area contributed by atoms with Crippen LogP contribution in [0.3, 0.4) is 0 Å². The maximum Gasteiger partial charge on any atom is 0.264 e. The van der Waals surface area contributed by atoms with Crippen LogP contribution in [-0.2, 0) is 16.4 Å². The Hall–Kier alpha value is -3.56. The molecule has 0 spiro atoms. The third kappa shape index (κ3) is 4.01. The number of aromatic nitrogens is 2. The van der Waals surface area contributed by atoms with Crippen molar-refractivity contribution in [1.29, 1.82) is 0 Å². The van der Waals surface area contributed by atoms with Crippen molar-refractivity contribution >= 4 is 38.1 Å². The van der Waals surface area contributed by atoms with E-state index in [0.717, 1.165) is 16.8 Å². The molecule has 0 bridgehead atoms. The van der Waals surface area contributed by atoms with Crippen LogP contribution in [0, 0.1) is 0 Å². The fourth-order valence-electron chi connectivity index (χ4n) is 3.97. The summed E-state index contributed by atoms with van der Waals surface area (Å²) < 4.78 is 28.4. The van der Waals surface area contributed by atoms with Crippen molar-refractivity contribution in [3.05, 3.63) is 89.6 Å². The van der Waals surface area contributed by atoms with E-state index in [1.165, 1.54) is 27.8 Å². The molecule has 1 atom stereocenters. The monoisotopic (exact) mass is 476 g/mol. The molecule has 4 aromatic rings. The van der Waals surface area contributed by atoms with Crippen LogP contribution in [-0.4, -0.2) is 30.3 Å². The second-order valence-electron chi connectivity index (χ2n) is 7.74. The van der Waals surface area contributed by atoms with Crippen molar-refractivity contribution in [3.63, 3.8) is 0 Å². The molecule has 1 aliphatic heterocycles. The van der Waals surface area contributed by atoms with Crippen LogP contribution < -0.4 is 9.62 Å². The number of fused-ring (bicyclic) bond motifs is 1. The Labute approximate surface area is 195 Å². The molecule has 33 heavy (non-hydrogen) atoms. The highest BCUT2D eigenvalue weighted by atomic mass is 32.2. The van der Waals surface area contributed by atoms with Gasteiger partial charge in [-0.3, -0.25) is 19.4 Å². The maximum absolute atomic E-state index is 13.5. The molecule has 0 unspecified atom stereocenters. The summed E-state index contributed by atoms with van der Waals surface area (Å²) in [6.07, 6.45) is 4.01. The van der Waals surface area contributed by atoms with Crippen LogP contribution in [0.15, 0.2) is 83.3 Å². The van der Waals surface area contributed by atoms with Crippen LogP contribution in [0.25, 0.3) is 11.3 Å². The van der Waals surface area contributed by atoms with E-state index in [2.05, 4.69) is 15.3 Å². The number of hydrogen-bond donors (Lipinski definition) is 1. The van der Waals surface area contributed by atoms with Crippen molar-refractivity contribution in [2.75, 3.05) is 9.62 Å². The first-order chi connectivity index (χ1) is 15.9. The first kappa shape index (κ1) is 21.3. The van der Waals surface area contributed by atoms with E-state index in [0.29, 0.717) is 17.2 Å². The van der Waals surface area contributed by atoms with Gasteiger partial charge in [0.05, 0.1) is 16.3 Å². The summed E-state index contributed by atoms with van der Waals surface area (Å²) in [7, 11) is -3.83. The minimum absolute atomic E-state index is 0.0790. The largest absolute Gasteiger partial charge is 0.298 e. The van der Waals surface area contributed by atoms with Gasteiger partial charge in [0.1, 0.15) is 0 Å². The molecule has 2 aromatic heterocycles. The van der Waals surface area contributed by atoms with Gasteiger partial charge in [-0.05, 0) is 55.3 Å². The van der Waals surface area contributed by atoms with Gasteiger partial charge in [0, 0.05) is 34.9 Å². The van der Waals surface area contributed by atoms with E-state index in [4.69, 9.17) is 0 Å². The number of nitrogens with one attached hydrogen (secondary N) is 1.